The number of unbranched alkanes of at least 4 members (excludes halogenated alkanes) is 1. The van der Waals surface area contributed by atoms with E-state index < -0.39 is 0 Å². The Morgan fingerprint density at radius 1 is 1.11 bits per heavy atom. The lowest BCUT2D eigenvalue weighted by atomic mass is 10.1. The first-order chi connectivity index (χ1) is 9.21. The number of nitrogens with zero attached hydrogens (tertiary/aromatic N) is 1. The zero-order valence-electron chi connectivity index (χ0n) is 12.4. The molecule has 0 aromatic heterocycles. The Balaban J connectivity index is 2.54. The van der Waals surface area contributed by atoms with Gasteiger partial charge >= 0.3 is 6.03 Å². The van der Waals surface area contributed by atoms with Crippen LogP contribution in [0, 0.1) is 0 Å². The summed E-state index contributed by atoms with van der Waals surface area (Å²) in [5.74, 6) is 0. The maximum atomic E-state index is 12.1. The third-order valence-corrected chi connectivity index (χ3v) is 3.19. The summed E-state index contributed by atoms with van der Waals surface area (Å²) in [4.78, 5) is 13.9. The average Bonchev–Trinajstić information content (AvgIpc) is 2.42. The minimum Gasteiger partial charge on any atom is -0.325 e. The summed E-state index contributed by atoms with van der Waals surface area (Å²) < 4.78 is 0. The normalized spacial score (nSPS) is 10.3. The first-order valence-electron chi connectivity index (χ1n) is 7.36. The standard InChI is InChI=1S/C16H26N2O/c1-4-7-13-18(6-3)16(19)17-15-11-9-14(8-5-2)10-12-15/h9-12H,4-8,13H2,1-3H3,(H,17,19). The van der Waals surface area contributed by atoms with E-state index in [4.69, 9.17) is 0 Å². The second-order valence-electron chi connectivity index (χ2n) is 4.81. The lowest BCUT2D eigenvalue weighted by Crippen LogP contribution is -2.35. The SMILES string of the molecule is CCCCN(CC)C(=O)Nc1ccc(CCC)cc1. The number of carbonyl (C=O) groups excluding carboxylic acids is 1. The quantitative estimate of drug-likeness (QED) is 0.781. The third kappa shape index (κ3) is 5.33. The molecule has 1 aromatic carbocycles. The molecule has 0 aliphatic carbocycles. The lowest BCUT2D eigenvalue weighted by molar-refractivity contribution is 0.213. The average molecular weight is 262 g/mol. The number of amides is 2. The highest BCUT2D eigenvalue weighted by Gasteiger charge is 2.10. The van der Waals surface area contributed by atoms with Gasteiger partial charge in [-0.15, -0.1) is 0 Å². The number of benzene rings is 1. The molecule has 3 nitrogen and oxygen atoms in total. The number of carbonyl (C=O) groups is 1. The summed E-state index contributed by atoms with van der Waals surface area (Å²) in [6.07, 6.45) is 4.39. The van der Waals surface area contributed by atoms with Crippen LogP contribution in [0.1, 0.15) is 45.6 Å². The molecule has 0 radical (unpaired) electrons. The Morgan fingerprint density at radius 2 is 1.79 bits per heavy atom. The van der Waals surface area contributed by atoms with Crippen LogP contribution in [0.25, 0.3) is 0 Å². The number of hydrogen-bond donors (Lipinski definition) is 1. The van der Waals surface area contributed by atoms with E-state index in [1.807, 2.05) is 24.0 Å². The molecule has 0 spiro atoms. The van der Waals surface area contributed by atoms with Crippen molar-refractivity contribution in [2.75, 3.05) is 18.4 Å². The molecule has 0 fully saturated rings. The van der Waals surface area contributed by atoms with Gasteiger partial charge in [-0.2, -0.15) is 0 Å². The van der Waals surface area contributed by atoms with Crippen molar-refractivity contribution in [2.24, 2.45) is 0 Å². The van der Waals surface area contributed by atoms with Crippen LogP contribution in [0.4, 0.5) is 10.5 Å². The summed E-state index contributed by atoms with van der Waals surface area (Å²) >= 11 is 0. The van der Waals surface area contributed by atoms with E-state index in [1.54, 1.807) is 0 Å². The molecule has 0 aliphatic heterocycles. The molecule has 0 saturated carbocycles. The molecule has 0 saturated heterocycles. The van der Waals surface area contributed by atoms with Gasteiger partial charge in [-0.05, 0) is 37.5 Å². The molecular weight excluding hydrogens is 236 g/mol. The summed E-state index contributed by atoms with van der Waals surface area (Å²) in [6, 6.07) is 8.13. The number of nitrogens with one attached hydrogen (secondary N) is 1. The molecule has 1 rings (SSSR count). The van der Waals surface area contributed by atoms with Crippen molar-refractivity contribution in [2.45, 2.75) is 46.5 Å². The van der Waals surface area contributed by atoms with Gasteiger partial charge < -0.3 is 10.2 Å². The largest absolute Gasteiger partial charge is 0.325 e. The minimum absolute atomic E-state index is 0.000749. The van der Waals surface area contributed by atoms with Gasteiger partial charge in [0.25, 0.3) is 0 Å². The molecule has 0 bridgehead atoms. The fraction of sp³-hybridized carbons (Fsp3) is 0.562. The van der Waals surface area contributed by atoms with Crippen LogP contribution in [-0.4, -0.2) is 24.0 Å². The third-order valence-electron chi connectivity index (χ3n) is 3.19. The van der Waals surface area contributed by atoms with Crippen molar-refractivity contribution in [1.82, 2.24) is 4.90 Å². The maximum Gasteiger partial charge on any atom is 0.321 e. The molecule has 3 heteroatoms. The van der Waals surface area contributed by atoms with Gasteiger partial charge in [-0.25, -0.2) is 4.79 Å². The molecule has 2 amide bonds. The van der Waals surface area contributed by atoms with Gasteiger partial charge in [0, 0.05) is 18.8 Å². The van der Waals surface area contributed by atoms with Crippen molar-refractivity contribution >= 4 is 11.7 Å². The predicted molar refractivity (Wildman–Crippen MR) is 81.6 cm³/mol. The van der Waals surface area contributed by atoms with Gasteiger partial charge in [0.2, 0.25) is 0 Å². The second kappa shape index (κ2) is 8.57. The van der Waals surface area contributed by atoms with E-state index in [2.05, 4.69) is 31.3 Å². The Labute approximate surface area is 117 Å². The molecule has 0 unspecified atom stereocenters. The van der Waals surface area contributed by atoms with Crippen LogP contribution in [0.3, 0.4) is 0 Å². The van der Waals surface area contributed by atoms with E-state index in [0.29, 0.717) is 0 Å². The van der Waals surface area contributed by atoms with E-state index in [1.165, 1.54) is 5.56 Å². The maximum absolute atomic E-state index is 12.1. The first-order valence-corrected chi connectivity index (χ1v) is 7.36. The summed E-state index contributed by atoms with van der Waals surface area (Å²) in [5.41, 5.74) is 2.19. The summed E-state index contributed by atoms with van der Waals surface area (Å²) in [6.45, 7) is 7.90. The number of hydrogen-bond acceptors (Lipinski definition) is 1. The predicted octanol–water partition coefficient (Wildman–Crippen LogP) is 4.29. The van der Waals surface area contributed by atoms with Crippen LogP contribution in [-0.2, 0) is 6.42 Å². The van der Waals surface area contributed by atoms with Crippen LogP contribution in [0.15, 0.2) is 24.3 Å². The lowest BCUT2D eigenvalue weighted by Gasteiger charge is -2.21. The molecule has 1 aromatic rings. The Kier molecular flexibility index (Phi) is 7.01. The van der Waals surface area contributed by atoms with Crippen LogP contribution in [0.2, 0.25) is 0 Å². The zero-order chi connectivity index (χ0) is 14.1. The topological polar surface area (TPSA) is 32.3 Å². The van der Waals surface area contributed by atoms with E-state index in [0.717, 1.165) is 44.5 Å². The highest BCUT2D eigenvalue weighted by atomic mass is 16.2. The zero-order valence-corrected chi connectivity index (χ0v) is 12.4. The number of rotatable bonds is 7. The van der Waals surface area contributed by atoms with Crippen molar-refractivity contribution < 1.29 is 4.79 Å². The van der Waals surface area contributed by atoms with Gasteiger partial charge in [-0.3, -0.25) is 0 Å². The van der Waals surface area contributed by atoms with Crippen molar-refractivity contribution in [3.63, 3.8) is 0 Å². The van der Waals surface area contributed by atoms with Crippen LogP contribution >= 0.6 is 0 Å². The molecule has 1 N–H and O–H groups in total. The highest BCUT2D eigenvalue weighted by molar-refractivity contribution is 5.89. The van der Waals surface area contributed by atoms with E-state index in [-0.39, 0.29) is 6.03 Å². The van der Waals surface area contributed by atoms with Crippen molar-refractivity contribution in [1.29, 1.82) is 0 Å². The van der Waals surface area contributed by atoms with Gasteiger partial charge in [-0.1, -0.05) is 38.8 Å². The molecule has 19 heavy (non-hydrogen) atoms. The van der Waals surface area contributed by atoms with Gasteiger partial charge in [0.1, 0.15) is 0 Å². The van der Waals surface area contributed by atoms with Crippen molar-refractivity contribution in [3.05, 3.63) is 29.8 Å². The number of urea groups is 1. The van der Waals surface area contributed by atoms with Crippen molar-refractivity contribution in [3.8, 4) is 0 Å². The Morgan fingerprint density at radius 3 is 2.32 bits per heavy atom. The van der Waals surface area contributed by atoms with E-state index >= 15 is 0 Å². The Bertz CT molecular complexity index is 373. The van der Waals surface area contributed by atoms with Crippen LogP contribution in [0.5, 0.6) is 0 Å². The fourth-order valence-electron chi connectivity index (χ4n) is 2.00. The second-order valence-corrected chi connectivity index (χ2v) is 4.81. The number of aryl methyl sites for hydroxylation is 1. The molecule has 0 heterocycles. The molecule has 0 aliphatic rings. The molecule has 0 atom stereocenters. The summed E-state index contributed by atoms with van der Waals surface area (Å²) in [7, 11) is 0. The fourth-order valence-corrected chi connectivity index (χ4v) is 2.00. The van der Waals surface area contributed by atoms with Gasteiger partial charge in [0.05, 0.1) is 0 Å². The van der Waals surface area contributed by atoms with Gasteiger partial charge in [0.15, 0.2) is 0 Å². The smallest absolute Gasteiger partial charge is 0.321 e. The summed E-state index contributed by atoms with van der Waals surface area (Å²) in [5, 5.41) is 2.96. The van der Waals surface area contributed by atoms with E-state index in [9.17, 15) is 4.79 Å². The molecule has 106 valence electrons. The van der Waals surface area contributed by atoms with Crippen LogP contribution < -0.4 is 5.32 Å². The minimum atomic E-state index is -0.000749. The monoisotopic (exact) mass is 262 g/mol. The number of anilines is 1. The first kappa shape index (κ1) is 15.5. The molecular formula is C16H26N2O. The Hall–Kier alpha value is -1.51. The highest BCUT2D eigenvalue weighted by Crippen LogP contribution is 2.12.